The summed E-state index contributed by atoms with van der Waals surface area (Å²) < 4.78 is 0. The van der Waals surface area contributed by atoms with Gasteiger partial charge in [-0.15, -0.1) is 0 Å². The lowest BCUT2D eigenvalue weighted by Crippen LogP contribution is -2.15. The van der Waals surface area contributed by atoms with Crippen LogP contribution in [0.2, 0.25) is 0 Å². The molecule has 94 valence electrons. The maximum absolute atomic E-state index is 10.9. The molecule has 0 heterocycles. The van der Waals surface area contributed by atoms with Crippen molar-refractivity contribution in [1.29, 1.82) is 0 Å². The van der Waals surface area contributed by atoms with Crippen molar-refractivity contribution in [3.8, 4) is 0 Å². The van der Waals surface area contributed by atoms with Crippen LogP contribution in [0.1, 0.15) is 37.8 Å². The van der Waals surface area contributed by atoms with Crippen molar-refractivity contribution in [1.82, 2.24) is 0 Å². The van der Waals surface area contributed by atoms with Crippen molar-refractivity contribution in [3.63, 3.8) is 0 Å². The van der Waals surface area contributed by atoms with Crippen molar-refractivity contribution < 1.29 is 4.92 Å². The highest BCUT2D eigenvalue weighted by atomic mass is 16.6. The molecular formula is C13H20N2O2. The molecule has 1 aromatic carbocycles. The van der Waals surface area contributed by atoms with Gasteiger partial charge in [-0.05, 0) is 38.8 Å². The predicted molar refractivity (Wildman–Crippen MR) is 70.6 cm³/mol. The molecule has 4 heteroatoms. The number of aryl methyl sites for hydroxylation is 2. The van der Waals surface area contributed by atoms with Gasteiger partial charge in [-0.25, -0.2) is 0 Å². The molecule has 1 rings (SSSR count). The average Bonchev–Trinajstić information content (AvgIpc) is 2.21. The van der Waals surface area contributed by atoms with Crippen LogP contribution in [0.15, 0.2) is 12.1 Å². The molecule has 1 N–H and O–H groups in total. The molecule has 1 aromatic rings. The van der Waals surface area contributed by atoms with Crippen LogP contribution in [0.25, 0.3) is 0 Å². The maximum atomic E-state index is 10.9. The van der Waals surface area contributed by atoms with Crippen molar-refractivity contribution >= 4 is 11.4 Å². The highest BCUT2D eigenvalue weighted by Crippen LogP contribution is 2.27. The Bertz CT molecular complexity index is 416. The third-order valence-electron chi connectivity index (χ3n) is 2.86. The van der Waals surface area contributed by atoms with Crippen molar-refractivity contribution in [2.45, 2.75) is 46.6 Å². The molecule has 0 aliphatic carbocycles. The molecule has 0 bridgehead atoms. The number of hydrogen-bond acceptors (Lipinski definition) is 3. The van der Waals surface area contributed by atoms with E-state index in [1.165, 1.54) is 0 Å². The van der Waals surface area contributed by atoms with Crippen LogP contribution >= 0.6 is 0 Å². The van der Waals surface area contributed by atoms with Crippen molar-refractivity contribution in [3.05, 3.63) is 33.4 Å². The van der Waals surface area contributed by atoms with Crippen LogP contribution in [0, 0.1) is 24.0 Å². The first-order chi connectivity index (χ1) is 7.95. The highest BCUT2D eigenvalue weighted by Gasteiger charge is 2.14. The van der Waals surface area contributed by atoms with Crippen LogP contribution < -0.4 is 5.32 Å². The van der Waals surface area contributed by atoms with Gasteiger partial charge in [0.15, 0.2) is 0 Å². The Balaban J connectivity index is 2.99. The Morgan fingerprint density at radius 1 is 1.35 bits per heavy atom. The lowest BCUT2D eigenvalue weighted by Gasteiger charge is -2.16. The number of nitrogens with zero attached hydrogens (tertiary/aromatic N) is 1. The average molecular weight is 236 g/mol. The molecule has 0 spiro atoms. The molecule has 0 saturated carbocycles. The van der Waals surface area contributed by atoms with E-state index < -0.39 is 0 Å². The monoisotopic (exact) mass is 236 g/mol. The van der Waals surface area contributed by atoms with E-state index in [9.17, 15) is 10.1 Å². The molecule has 17 heavy (non-hydrogen) atoms. The number of nitrogens with one attached hydrogen (secondary N) is 1. The summed E-state index contributed by atoms with van der Waals surface area (Å²) in [5.74, 6) is 0. The Morgan fingerprint density at radius 3 is 2.53 bits per heavy atom. The Kier molecular flexibility index (Phi) is 4.49. The summed E-state index contributed by atoms with van der Waals surface area (Å²) in [5, 5.41) is 14.2. The maximum Gasteiger partial charge on any atom is 0.274 e. The van der Waals surface area contributed by atoms with Gasteiger partial charge in [-0.3, -0.25) is 10.1 Å². The smallest absolute Gasteiger partial charge is 0.274 e. The number of rotatable bonds is 5. The lowest BCUT2D eigenvalue weighted by atomic mass is 10.1. The summed E-state index contributed by atoms with van der Waals surface area (Å²) in [7, 11) is 0. The van der Waals surface area contributed by atoms with Crippen LogP contribution in [0.3, 0.4) is 0 Å². The second kappa shape index (κ2) is 5.66. The summed E-state index contributed by atoms with van der Waals surface area (Å²) in [6, 6.07) is 3.83. The fourth-order valence-electron chi connectivity index (χ4n) is 1.96. The summed E-state index contributed by atoms with van der Waals surface area (Å²) in [4.78, 5) is 10.5. The molecule has 0 aliphatic heterocycles. The van der Waals surface area contributed by atoms with Gasteiger partial charge in [0.25, 0.3) is 5.69 Å². The minimum absolute atomic E-state index is 0.182. The quantitative estimate of drug-likeness (QED) is 0.624. The van der Waals surface area contributed by atoms with E-state index in [1.807, 2.05) is 13.0 Å². The fourth-order valence-corrected chi connectivity index (χ4v) is 1.96. The molecule has 1 unspecified atom stereocenters. The van der Waals surface area contributed by atoms with Gasteiger partial charge in [0, 0.05) is 23.4 Å². The first-order valence-corrected chi connectivity index (χ1v) is 5.97. The van der Waals surface area contributed by atoms with E-state index in [2.05, 4.69) is 19.2 Å². The minimum Gasteiger partial charge on any atom is -0.382 e. The normalized spacial score (nSPS) is 12.2. The largest absolute Gasteiger partial charge is 0.382 e. The number of nitro benzene ring substituents is 1. The third-order valence-corrected chi connectivity index (χ3v) is 2.86. The number of anilines is 1. The van der Waals surface area contributed by atoms with Gasteiger partial charge in [0.05, 0.1) is 4.92 Å². The fraction of sp³-hybridized carbons (Fsp3) is 0.538. The number of hydrogen-bond donors (Lipinski definition) is 1. The standard InChI is InChI=1S/C13H20N2O2/c1-5-6-11(4)14-12-8-13(15(16)17)10(3)7-9(12)2/h7-8,11,14H,5-6H2,1-4H3. The van der Waals surface area contributed by atoms with E-state index in [0.29, 0.717) is 11.6 Å². The van der Waals surface area contributed by atoms with E-state index >= 15 is 0 Å². The highest BCUT2D eigenvalue weighted by molar-refractivity contribution is 5.60. The lowest BCUT2D eigenvalue weighted by molar-refractivity contribution is -0.385. The zero-order valence-electron chi connectivity index (χ0n) is 10.9. The molecule has 0 saturated heterocycles. The number of benzene rings is 1. The van der Waals surface area contributed by atoms with Gasteiger partial charge in [0.2, 0.25) is 0 Å². The van der Waals surface area contributed by atoms with Gasteiger partial charge in [-0.1, -0.05) is 13.3 Å². The van der Waals surface area contributed by atoms with Crippen LogP contribution in [-0.2, 0) is 0 Å². The first kappa shape index (κ1) is 13.5. The summed E-state index contributed by atoms with van der Waals surface area (Å²) in [5.41, 5.74) is 2.81. The molecular weight excluding hydrogens is 216 g/mol. The topological polar surface area (TPSA) is 55.2 Å². The van der Waals surface area contributed by atoms with Gasteiger partial charge >= 0.3 is 0 Å². The molecule has 0 aromatic heterocycles. The zero-order chi connectivity index (χ0) is 13.0. The Hall–Kier alpha value is -1.58. The SMILES string of the molecule is CCCC(C)Nc1cc([N+](=O)[O-])c(C)cc1C. The van der Waals surface area contributed by atoms with E-state index in [4.69, 9.17) is 0 Å². The van der Waals surface area contributed by atoms with Gasteiger partial charge in [-0.2, -0.15) is 0 Å². The summed E-state index contributed by atoms with van der Waals surface area (Å²) in [6.45, 7) is 7.96. The van der Waals surface area contributed by atoms with Crippen molar-refractivity contribution in [2.24, 2.45) is 0 Å². The second-order valence-electron chi connectivity index (χ2n) is 4.54. The predicted octanol–water partition coefficient (Wildman–Crippen LogP) is 3.81. The Labute approximate surface area is 102 Å². The third kappa shape index (κ3) is 3.44. The molecule has 0 aliphatic rings. The molecule has 0 fully saturated rings. The van der Waals surface area contributed by atoms with Crippen LogP contribution in [-0.4, -0.2) is 11.0 Å². The van der Waals surface area contributed by atoms with E-state index in [1.54, 1.807) is 13.0 Å². The van der Waals surface area contributed by atoms with Crippen LogP contribution in [0.4, 0.5) is 11.4 Å². The number of nitro groups is 1. The molecule has 4 nitrogen and oxygen atoms in total. The minimum atomic E-state index is -0.329. The second-order valence-corrected chi connectivity index (χ2v) is 4.54. The first-order valence-electron chi connectivity index (χ1n) is 5.97. The summed E-state index contributed by atoms with van der Waals surface area (Å²) in [6.07, 6.45) is 2.16. The molecule has 0 radical (unpaired) electrons. The van der Waals surface area contributed by atoms with Crippen molar-refractivity contribution in [2.75, 3.05) is 5.32 Å². The Morgan fingerprint density at radius 2 is 2.00 bits per heavy atom. The van der Waals surface area contributed by atoms with Gasteiger partial charge < -0.3 is 5.32 Å². The van der Waals surface area contributed by atoms with E-state index in [-0.39, 0.29) is 10.6 Å². The molecule has 0 amide bonds. The summed E-state index contributed by atoms with van der Waals surface area (Å²) >= 11 is 0. The zero-order valence-corrected chi connectivity index (χ0v) is 10.9. The molecule has 1 atom stereocenters. The van der Waals surface area contributed by atoms with E-state index in [0.717, 1.165) is 24.1 Å². The van der Waals surface area contributed by atoms with Gasteiger partial charge in [0.1, 0.15) is 0 Å². The van der Waals surface area contributed by atoms with Crippen LogP contribution in [0.5, 0.6) is 0 Å².